The molecule has 10 heteroatoms. The van der Waals surface area contributed by atoms with E-state index >= 15 is 0 Å². The molecule has 0 aliphatic carbocycles. The van der Waals surface area contributed by atoms with Gasteiger partial charge < -0.3 is 14.2 Å². The Labute approximate surface area is 243 Å². The van der Waals surface area contributed by atoms with Gasteiger partial charge in [0.1, 0.15) is 17.9 Å². The molecule has 3 aromatic carbocycles. The first kappa shape index (κ1) is 28.4. The summed E-state index contributed by atoms with van der Waals surface area (Å²) in [6, 6.07) is 17.5. The van der Waals surface area contributed by atoms with Crippen molar-refractivity contribution in [3.8, 4) is 17.2 Å². The third-order valence-corrected chi connectivity index (χ3v) is 6.83. The maximum Gasteiger partial charge on any atom is 0.331 e. The standard InChI is InChI=1S/C29H26Br2N2O6/c1-3-11-38-24-10-9-19(12-25(24)37-2)16-33-28(35)22(27(34)32-29(33)36)14-20-13-21(30)15-23(31)26(20)39-17-18-7-5-4-6-8-18/h4-10,12-15H,3,11,16-17H2,1-2H3,(H,32,34,36)/b22-14+. The van der Waals surface area contributed by atoms with E-state index in [4.69, 9.17) is 14.2 Å². The van der Waals surface area contributed by atoms with E-state index in [0.717, 1.165) is 16.9 Å². The highest BCUT2D eigenvalue weighted by atomic mass is 79.9. The number of nitrogens with zero attached hydrogens (tertiary/aromatic N) is 1. The number of barbiturate groups is 1. The van der Waals surface area contributed by atoms with Gasteiger partial charge in [-0.1, -0.05) is 59.3 Å². The summed E-state index contributed by atoms with van der Waals surface area (Å²) in [5.41, 5.74) is 1.87. The predicted molar refractivity (Wildman–Crippen MR) is 153 cm³/mol. The molecular weight excluding hydrogens is 632 g/mol. The van der Waals surface area contributed by atoms with Gasteiger partial charge in [-0.2, -0.15) is 0 Å². The molecule has 0 atom stereocenters. The zero-order valence-corrected chi connectivity index (χ0v) is 24.5. The molecular formula is C29H26Br2N2O6. The van der Waals surface area contributed by atoms with E-state index in [1.807, 2.05) is 43.3 Å². The molecule has 4 rings (SSSR count). The predicted octanol–water partition coefficient (Wildman–Crippen LogP) is 6.25. The Morgan fingerprint density at radius 1 is 0.923 bits per heavy atom. The van der Waals surface area contributed by atoms with Crippen molar-refractivity contribution in [3.05, 3.63) is 91.9 Å². The van der Waals surface area contributed by atoms with Crippen LogP contribution in [-0.2, 0) is 22.7 Å². The third-order valence-electron chi connectivity index (χ3n) is 5.78. The van der Waals surface area contributed by atoms with Crippen LogP contribution in [0.1, 0.15) is 30.0 Å². The van der Waals surface area contributed by atoms with Gasteiger partial charge in [0, 0.05) is 10.0 Å². The summed E-state index contributed by atoms with van der Waals surface area (Å²) < 4.78 is 18.5. The third kappa shape index (κ3) is 6.88. The van der Waals surface area contributed by atoms with E-state index in [9.17, 15) is 14.4 Å². The van der Waals surface area contributed by atoms with Crippen LogP contribution < -0.4 is 19.5 Å². The van der Waals surface area contributed by atoms with Crippen LogP contribution in [0.5, 0.6) is 17.2 Å². The van der Waals surface area contributed by atoms with Crippen LogP contribution in [0.2, 0.25) is 0 Å². The number of hydrogen-bond donors (Lipinski definition) is 1. The fraction of sp³-hybridized carbons (Fsp3) is 0.207. The van der Waals surface area contributed by atoms with Gasteiger partial charge in [-0.15, -0.1) is 0 Å². The highest BCUT2D eigenvalue weighted by Gasteiger charge is 2.36. The Balaban J connectivity index is 1.62. The monoisotopic (exact) mass is 656 g/mol. The Morgan fingerprint density at radius 3 is 2.41 bits per heavy atom. The number of nitrogens with one attached hydrogen (secondary N) is 1. The molecule has 0 unspecified atom stereocenters. The Kier molecular flexibility index (Phi) is 9.42. The number of benzene rings is 3. The average molecular weight is 658 g/mol. The zero-order valence-electron chi connectivity index (χ0n) is 21.3. The Morgan fingerprint density at radius 2 is 1.69 bits per heavy atom. The number of methoxy groups -OCH3 is 1. The summed E-state index contributed by atoms with van der Waals surface area (Å²) in [5, 5.41) is 2.26. The topological polar surface area (TPSA) is 94.2 Å². The average Bonchev–Trinajstić information content (AvgIpc) is 2.92. The fourth-order valence-corrected chi connectivity index (χ4v) is 5.26. The second kappa shape index (κ2) is 12.9. The molecule has 1 heterocycles. The van der Waals surface area contributed by atoms with Crippen molar-refractivity contribution >= 4 is 55.8 Å². The number of amides is 4. The molecule has 202 valence electrons. The Bertz CT molecular complexity index is 1420. The summed E-state index contributed by atoms with van der Waals surface area (Å²) in [7, 11) is 1.52. The van der Waals surface area contributed by atoms with Crippen molar-refractivity contribution in [1.29, 1.82) is 0 Å². The van der Waals surface area contributed by atoms with Gasteiger partial charge in [0.25, 0.3) is 11.8 Å². The first-order valence-electron chi connectivity index (χ1n) is 12.1. The lowest BCUT2D eigenvalue weighted by atomic mass is 10.1. The lowest BCUT2D eigenvalue weighted by Crippen LogP contribution is -2.53. The van der Waals surface area contributed by atoms with E-state index in [-0.39, 0.29) is 18.7 Å². The number of rotatable bonds is 10. The molecule has 1 aliphatic rings. The van der Waals surface area contributed by atoms with Crippen LogP contribution >= 0.6 is 31.9 Å². The molecule has 0 bridgehead atoms. The van der Waals surface area contributed by atoms with Crippen molar-refractivity contribution in [2.45, 2.75) is 26.5 Å². The van der Waals surface area contributed by atoms with E-state index in [1.54, 1.807) is 24.3 Å². The molecule has 0 spiro atoms. The number of ether oxygens (including phenoxy) is 3. The van der Waals surface area contributed by atoms with Crippen molar-refractivity contribution in [3.63, 3.8) is 0 Å². The van der Waals surface area contributed by atoms with Gasteiger partial charge in [-0.3, -0.25) is 19.8 Å². The number of halogens is 2. The number of urea groups is 1. The van der Waals surface area contributed by atoms with Gasteiger partial charge in [0.2, 0.25) is 0 Å². The molecule has 3 aromatic rings. The van der Waals surface area contributed by atoms with Gasteiger partial charge >= 0.3 is 6.03 Å². The molecule has 0 radical (unpaired) electrons. The largest absolute Gasteiger partial charge is 0.493 e. The van der Waals surface area contributed by atoms with Crippen LogP contribution in [0.4, 0.5) is 4.79 Å². The minimum absolute atomic E-state index is 0.0702. The minimum Gasteiger partial charge on any atom is -0.493 e. The zero-order chi connectivity index (χ0) is 27.9. The van der Waals surface area contributed by atoms with E-state index in [1.165, 1.54) is 13.2 Å². The quantitative estimate of drug-likeness (QED) is 0.205. The van der Waals surface area contributed by atoms with Crippen molar-refractivity contribution in [2.75, 3.05) is 13.7 Å². The maximum absolute atomic E-state index is 13.4. The van der Waals surface area contributed by atoms with Crippen molar-refractivity contribution in [1.82, 2.24) is 10.2 Å². The molecule has 0 aromatic heterocycles. The summed E-state index contributed by atoms with van der Waals surface area (Å²) in [6.45, 7) is 2.74. The number of hydrogen-bond acceptors (Lipinski definition) is 6. The lowest BCUT2D eigenvalue weighted by Gasteiger charge is -2.27. The fourth-order valence-electron chi connectivity index (χ4n) is 3.89. The second-order valence-electron chi connectivity index (χ2n) is 8.62. The molecule has 1 aliphatic heterocycles. The first-order valence-corrected chi connectivity index (χ1v) is 13.7. The number of carbonyl (C=O) groups is 3. The van der Waals surface area contributed by atoms with Gasteiger partial charge in [-0.25, -0.2) is 4.79 Å². The van der Waals surface area contributed by atoms with Crippen molar-refractivity contribution in [2.24, 2.45) is 0 Å². The molecule has 1 fully saturated rings. The van der Waals surface area contributed by atoms with Crippen LogP contribution in [0, 0.1) is 0 Å². The van der Waals surface area contributed by atoms with E-state index in [2.05, 4.69) is 37.2 Å². The molecule has 4 amide bonds. The van der Waals surface area contributed by atoms with Crippen molar-refractivity contribution < 1.29 is 28.6 Å². The molecule has 39 heavy (non-hydrogen) atoms. The highest BCUT2D eigenvalue weighted by molar-refractivity contribution is 9.11. The van der Waals surface area contributed by atoms with Crippen LogP contribution in [0.25, 0.3) is 6.08 Å². The Hall–Kier alpha value is -3.63. The molecule has 1 N–H and O–H groups in total. The first-order chi connectivity index (χ1) is 18.8. The smallest absolute Gasteiger partial charge is 0.331 e. The maximum atomic E-state index is 13.4. The molecule has 0 saturated carbocycles. The van der Waals surface area contributed by atoms with Gasteiger partial charge in [-0.05, 0) is 63.8 Å². The number of carbonyl (C=O) groups excluding carboxylic acids is 3. The summed E-state index contributed by atoms with van der Waals surface area (Å²) in [5.74, 6) is -0.00853. The summed E-state index contributed by atoms with van der Waals surface area (Å²) in [6.07, 6.45) is 2.26. The van der Waals surface area contributed by atoms with Crippen LogP contribution in [0.3, 0.4) is 0 Å². The highest BCUT2D eigenvalue weighted by Crippen LogP contribution is 2.36. The number of imide groups is 2. The lowest BCUT2D eigenvalue weighted by molar-refractivity contribution is -0.130. The van der Waals surface area contributed by atoms with E-state index < -0.39 is 17.8 Å². The normalized spacial score (nSPS) is 14.4. The van der Waals surface area contributed by atoms with Gasteiger partial charge in [0.15, 0.2) is 11.5 Å². The van der Waals surface area contributed by atoms with E-state index in [0.29, 0.717) is 43.9 Å². The molecule has 1 saturated heterocycles. The molecule has 8 nitrogen and oxygen atoms in total. The van der Waals surface area contributed by atoms with Crippen LogP contribution in [0.15, 0.2) is 75.2 Å². The minimum atomic E-state index is -0.802. The summed E-state index contributed by atoms with van der Waals surface area (Å²) >= 11 is 6.96. The summed E-state index contributed by atoms with van der Waals surface area (Å²) in [4.78, 5) is 39.9. The van der Waals surface area contributed by atoms with Gasteiger partial charge in [0.05, 0.1) is 24.7 Å². The SMILES string of the molecule is CCCOc1ccc(CN2C(=O)NC(=O)/C(=C\c3cc(Br)cc(Br)c3OCc3ccccc3)C2=O)cc1OC. The van der Waals surface area contributed by atoms with Crippen LogP contribution in [-0.4, -0.2) is 36.5 Å². The second-order valence-corrected chi connectivity index (χ2v) is 10.4.